The molecular formula is C21H29N2O3+. The van der Waals surface area contributed by atoms with Gasteiger partial charge in [0.1, 0.15) is 11.6 Å². The molecule has 0 saturated carbocycles. The Bertz CT molecular complexity index is 785. The molecule has 1 aromatic rings. The van der Waals surface area contributed by atoms with Gasteiger partial charge in [-0.05, 0) is 41.8 Å². The summed E-state index contributed by atoms with van der Waals surface area (Å²) in [6.07, 6.45) is 5.73. The molecule has 0 aromatic heterocycles. The summed E-state index contributed by atoms with van der Waals surface area (Å²) in [6.45, 7) is 6.56. The van der Waals surface area contributed by atoms with Crippen LogP contribution in [0.4, 0.5) is 0 Å². The summed E-state index contributed by atoms with van der Waals surface area (Å²) in [5.41, 5.74) is 6.02. The van der Waals surface area contributed by atoms with Gasteiger partial charge in [-0.1, -0.05) is 25.6 Å². The molecule has 140 valence electrons. The SMILES string of the molecule is C=CC[N+](C)(C)[C@@H]1Cc2ccc(C(N)=O)cc2C2(C)CC(O)C=C[C@@]12O. The molecule has 2 aliphatic rings. The summed E-state index contributed by atoms with van der Waals surface area (Å²) in [6, 6.07) is 5.36. The van der Waals surface area contributed by atoms with E-state index in [4.69, 9.17) is 5.73 Å². The summed E-state index contributed by atoms with van der Waals surface area (Å²) in [5, 5.41) is 22.2. The number of carbonyl (C=O) groups excluding carboxylic acids is 1. The van der Waals surface area contributed by atoms with Crippen molar-refractivity contribution in [2.75, 3.05) is 20.6 Å². The number of aliphatic hydroxyl groups excluding tert-OH is 1. The summed E-state index contributed by atoms with van der Waals surface area (Å²) >= 11 is 0. The number of nitrogens with zero attached hydrogens (tertiary/aromatic N) is 1. The molecule has 0 bridgehead atoms. The first-order chi connectivity index (χ1) is 12.0. The van der Waals surface area contributed by atoms with Crippen LogP contribution >= 0.6 is 0 Å². The average molecular weight is 357 g/mol. The van der Waals surface area contributed by atoms with Crippen LogP contribution in [0.1, 0.15) is 34.8 Å². The topological polar surface area (TPSA) is 83.6 Å². The van der Waals surface area contributed by atoms with Crippen molar-refractivity contribution in [2.45, 2.75) is 42.9 Å². The normalized spacial score (nSPS) is 33.3. The molecule has 2 aliphatic carbocycles. The number of aliphatic hydroxyl groups is 2. The molecule has 1 amide bonds. The predicted octanol–water partition coefficient (Wildman–Crippen LogP) is 1.28. The molecule has 0 heterocycles. The van der Waals surface area contributed by atoms with Crippen LogP contribution in [-0.2, 0) is 11.8 Å². The van der Waals surface area contributed by atoms with E-state index in [1.165, 1.54) is 0 Å². The van der Waals surface area contributed by atoms with Gasteiger partial charge in [-0.25, -0.2) is 0 Å². The van der Waals surface area contributed by atoms with Crippen LogP contribution in [0, 0.1) is 0 Å². The van der Waals surface area contributed by atoms with Gasteiger partial charge in [-0.15, -0.1) is 0 Å². The van der Waals surface area contributed by atoms with Gasteiger partial charge >= 0.3 is 0 Å². The molecule has 5 nitrogen and oxygen atoms in total. The predicted molar refractivity (Wildman–Crippen MR) is 102 cm³/mol. The minimum atomic E-state index is -1.15. The van der Waals surface area contributed by atoms with Crippen LogP contribution in [-0.4, -0.2) is 59.0 Å². The van der Waals surface area contributed by atoms with Gasteiger partial charge in [-0.3, -0.25) is 4.79 Å². The molecule has 0 aliphatic heterocycles. The monoisotopic (exact) mass is 357 g/mol. The summed E-state index contributed by atoms with van der Waals surface area (Å²) in [5.74, 6) is -0.489. The molecular weight excluding hydrogens is 328 g/mol. The van der Waals surface area contributed by atoms with Gasteiger partial charge in [0.05, 0.1) is 26.7 Å². The van der Waals surface area contributed by atoms with E-state index in [2.05, 4.69) is 20.7 Å². The summed E-state index contributed by atoms with van der Waals surface area (Å²) < 4.78 is 0.576. The van der Waals surface area contributed by atoms with E-state index in [0.717, 1.165) is 11.1 Å². The zero-order valence-electron chi connectivity index (χ0n) is 15.8. The number of rotatable bonds is 4. The molecule has 4 N–H and O–H groups in total. The van der Waals surface area contributed by atoms with Crippen molar-refractivity contribution in [2.24, 2.45) is 5.73 Å². The first kappa shape index (κ1) is 18.8. The maximum Gasteiger partial charge on any atom is 0.248 e. The third-order valence-corrected chi connectivity index (χ3v) is 6.43. The van der Waals surface area contributed by atoms with Gasteiger partial charge < -0.3 is 20.4 Å². The smallest absolute Gasteiger partial charge is 0.248 e. The van der Waals surface area contributed by atoms with Crippen molar-refractivity contribution in [3.8, 4) is 0 Å². The molecule has 2 unspecified atom stereocenters. The molecule has 0 saturated heterocycles. The standard InChI is InChI=1S/C21H28N2O3/c1-5-10-23(3,4)18-12-14-6-7-15(19(22)25)11-17(14)20(2)13-16(24)8-9-21(18,20)26/h5-9,11,16,18,24,26H,1,10,12-13H2,2-4H3,(H-,22,25)/p+1/t16?,18-,20?,21-/m1/s1. The van der Waals surface area contributed by atoms with Gasteiger partial charge in [0.15, 0.2) is 0 Å². The second kappa shape index (κ2) is 6.05. The fourth-order valence-electron chi connectivity index (χ4n) is 4.92. The number of amides is 1. The molecule has 1 aromatic carbocycles. The lowest BCUT2D eigenvalue weighted by molar-refractivity contribution is -0.917. The minimum Gasteiger partial charge on any atom is -0.389 e. The Morgan fingerprint density at radius 3 is 2.77 bits per heavy atom. The third kappa shape index (κ3) is 2.62. The van der Waals surface area contributed by atoms with E-state index in [0.29, 0.717) is 29.4 Å². The Kier molecular flexibility index (Phi) is 4.38. The second-order valence-corrected chi connectivity index (χ2v) is 8.49. The molecule has 0 fully saturated rings. The lowest BCUT2D eigenvalue weighted by Crippen LogP contribution is -2.71. The first-order valence-electron chi connectivity index (χ1n) is 9.02. The van der Waals surface area contributed by atoms with Crippen LogP contribution in [0.5, 0.6) is 0 Å². The maximum absolute atomic E-state index is 11.9. The third-order valence-electron chi connectivity index (χ3n) is 6.43. The lowest BCUT2D eigenvalue weighted by Gasteiger charge is -2.58. The maximum atomic E-state index is 11.9. The number of primary amides is 1. The Hall–Kier alpha value is -1.95. The van der Waals surface area contributed by atoms with E-state index >= 15 is 0 Å². The first-order valence-corrected chi connectivity index (χ1v) is 9.02. The second-order valence-electron chi connectivity index (χ2n) is 8.49. The number of hydrogen-bond acceptors (Lipinski definition) is 3. The van der Waals surface area contributed by atoms with Gasteiger partial charge in [-0.2, -0.15) is 0 Å². The van der Waals surface area contributed by atoms with Gasteiger partial charge in [0.2, 0.25) is 5.91 Å². The van der Waals surface area contributed by atoms with E-state index in [1.807, 2.05) is 19.1 Å². The number of nitrogens with two attached hydrogens (primary N) is 1. The van der Waals surface area contributed by atoms with Gasteiger partial charge in [0.25, 0.3) is 0 Å². The number of quaternary nitrogens is 1. The molecule has 0 radical (unpaired) electrons. The quantitative estimate of drug-likeness (QED) is 0.561. The zero-order chi connectivity index (χ0) is 19.3. The van der Waals surface area contributed by atoms with E-state index in [1.54, 1.807) is 24.3 Å². The van der Waals surface area contributed by atoms with Crippen molar-refractivity contribution in [3.63, 3.8) is 0 Å². The van der Waals surface area contributed by atoms with Crippen molar-refractivity contribution in [3.05, 3.63) is 59.7 Å². The van der Waals surface area contributed by atoms with E-state index in [-0.39, 0.29) is 6.04 Å². The lowest BCUT2D eigenvalue weighted by atomic mass is 9.54. The number of benzene rings is 1. The highest BCUT2D eigenvalue weighted by Gasteiger charge is 2.61. The zero-order valence-corrected chi connectivity index (χ0v) is 15.8. The summed E-state index contributed by atoms with van der Waals surface area (Å²) in [4.78, 5) is 11.7. The number of fused-ring (bicyclic) bond motifs is 3. The number of carbonyl (C=O) groups is 1. The van der Waals surface area contributed by atoms with Crippen molar-refractivity contribution >= 4 is 5.91 Å². The Morgan fingerprint density at radius 2 is 2.15 bits per heavy atom. The highest BCUT2D eigenvalue weighted by Crippen LogP contribution is 2.52. The summed E-state index contributed by atoms with van der Waals surface area (Å²) in [7, 11) is 4.18. The molecule has 0 spiro atoms. The fourth-order valence-corrected chi connectivity index (χ4v) is 4.92. The largest absolute Gasteiger partial charge is 0.389 e. The van der Waals surface area contributed by atoms with E-state index < -0.39 is 23.0 Å². The molecule has 3 rings (SSSR count). The highest BCUT2D eigenvalue weighted by atomic mass is 16.3. The minimum absolute atomic E-state index is 0.110. The average Bonchev–Trinajstić information content (AvgIpc) is 2.55. The molecule has 4 atom stereocenters. The Morgan fingerprint density at radius 1 is 1.46 bits per heavy atom. The molecule has 26 heavy (non-hydrogen) atoms. The number of likely N-dealkylation sites (N-methyl/N-ethyl adjacent to an activating group) is 1. The van der Waals surface area contributed by atoms with Crippen LogP contribution in [0.15, 0.2) is 43.0 Å². The van der Waals surface area contributed by atoms with Crippen LogP contribution in [0.25, 0.3) is 0 Å². The van der Waals surface area contributed by atoms with Crippen molar-refractivity contribution < 1.29 is 19.5 Å². The van der Waals surface area contributed by atoms with E-state index in [9.17, 15) is 15.0 Å². The Balaban J connectivity index is 2.25. The van der Waals surface area contributed by atoms with Crippen LogP contribution < -0.4 is 5.73 Å². The van der Waals surface area contributed by atoms with Crippen LogP contribution in [0.2, 0.25) is 0 Å². The fraction of sp³-hybridized carbons (Fsp3) is 0.476. The van der Waals surface area contributed by atoms with Crippen molar-refractivity contribution in [1.29, 1.82) is 0 Å². The highest BCUT2D eigenvalue weighted by molar-refractivity contribution is 5.93. The Labute approximate surface area is 155 Å². The van der Waals surface area contributed by atoms with Crippen molar-refractivity contribution in [1.82, 2.24) is 0 Å². The molecule has 5 heteroatoms. The number of hydrogen-bond donors (Lipinski definition) is 3. The van der Waals surface area contributed by atoms with Gasteiger partial charge in [0, 0.05) is 17.4 Å². The van der Waals surface area contributed by atoms with Crippen LogP contribution in [0.3, 0.4) is 0 Å².